The number of hydrogen-bond acceptors (Lipinski definition) is 3. The number of carbonyl (C=O) groups excluding carboxylic acids is 1. The van der Waals surface area contributed by atoms with Crippen molar-refractivity contribution in [2.75, 3.05) is 12.0 Å². The highest BCUT2D eigenvalue weighted by Crippen LogP contribution is 2.43. The predicted molar refractivity (Wildman–Crippen MR) is 119 cm³/mol. The van der Waals surface area contributed by atoms with Crippen LogP contribution in [-0.2, 0) is 4.79 Å². The summed E-state index contributed by atoms with van der Waals surface area (Å²) in [6, 6.07) is 22.3. The fourth-order valence-corrected chi connectivity index (χ4v) is 3.94. The van der Waals surface area contributed by atoms with Crippen molar-refractivity contribution >= 4 is 23.2 Å². The second kappa shape index (κ2) is 8.54. The van der Waals surface area contributed by atoms with Gasteiger partial charge in [-0.05, 0) is 71.3 Å². The lowest BCUT2D eigenvalue weighted by Gasteiger charge is -2.39. The van der Waals surface area contributed by atoms with Gasteiger partial charge in [-0.1, -0.05) is 31.2 Å². The molecule has 1 atom stereocenters. The molecule has 0 fully saturated rings. The van der Waals surface area contributed by atoms with E-state index >= 15 is 0 Å². The summed E-state index contributed by atoms with van der Waals surface area (Å²) in [7, 11) is 1.64. The van der Waals surface area contributed by atoms with Crippen molar-refractivity contribution in [1.29, 1.82) is 0 Å². The number of hydrogen-bond donors (Lipinski definition) is 0. The molecule has 4 heteroatoms. The van der Waals surface area contributed by atoms with Crippen molar-refractivity contribution in [2.24, 2.45) is 0 Å². The number of rotatable bonds is 6. The lowest BCUT2D eigenvalue weighted by molar-refractivity contribution is -0.119. The summed E-state index contributed by atoms with van der Waals surface area (Å²) >= 11 is 0. The Morgan fingerprint density at radius 2 is 1.70 bits per heavy atom. The number of anilines is 1. The molecule has 1 heterocycles. The van der Waals surface area contributed by atoms with E-state index in [4.69, 9.17) is 4.74 Å². The fourth-order valence-electron chi connectivity index (χ4n) is 3.94. The van der Waals surface area contributed by atoms with E-state index in [1.54, 1.807) is 19.2 Å². The first-order valence-electron chi connectivity index (χ1n) is 10.1. The molecule has 4 rings (SSSR count). The summed E-state index contributed by atoms with van der Waals surface area (Å²) in [5.74, 6) is 0.687. The minimum absolute atomic E-state index is 0.166. The molecule has 30 heavy (non-hydrogen) atoms. The third-order valence-electron chi connectivity index (χ3n) is 5.52. The van der Waals surface area contributed by atoms with Gasteiger partial charge in [0.15, 0.2) is 0 Å². The molecule has 0 saturated heterocycles. The Kier molecular flexibility index (Phi) is 5.66. The molecule has 3 nitrogen and oxygen atoms in total. The second-order valence-corrected chi connectivity index (χ2v) is 7.35. The summed E-state index contributed by atoms with van der Waals surface area (Å²) in [5.41, 5.74) is 5.01. The SMILES string of the molecule is CCC(=O)CC1c2ccccc2C=C(c2ccc(OC)cc2)N1c1ccc(F)cc1. The lowest BCUT2D eigenvalue weighted by atomic mass is 9.88. The normalized spacial score (nSPS) is 15.4. The highest BCUT2D eigenvalue weighted by Gasteiger charge is 2.31. The zero-order valence-electron chi connectivity index (χ0n) is 17.1. The Labute approximate surface area is 176 Å². The largest absolute Gasteiger partial charge is 0.497 e. The molecule has 0 aliphatic carbocycles. The van der Waals surface area contributed by atoms with Gasteiger partial charge in [0.1, 0.15) is 17.3 Å². The molecule has 0 bridgehead atoms. The van der Waals surface area contributed by atoms with Crippen LogP contribution in [0.1, 0.15) is 42.5 Å². The maximum atomic E-state index is 13.7. The molecule has 3 aromatic rings. The van der Waals surface area contributed by atoms with E-state index in [-0.39, 0.29) is 17.6 Å². The van der Waals surface area contributed by atoms with Crippen molar-refractivity contribution < 1.29 is 13.9 Å². The molecule has 1 unspecified atom stereocenters. The van der Waals surface area contributed by atoms with Gasteiger partial charge in [-0.15, -0.1) is 0 Å². The summed E-state index contributed by atoms with van der Waals surface area (Å²) in [6.07, 6.45) is 3.00. The van der Waals surface area contributed by atoms with Crippen LogP contribution in [0.2, 0.25) is 0 Å². The van der Waals surface area contributed by atoms with E-state index < -0.39 is 0 Å². The van der Waals surface area contributed by atoms with E-state index in [9.17, 15) is 9.18 Å². The number of Topliss-reactive ketones (excluding diaryl/α,β-unsaturated/α-hetero) is 1. The first-order chi connectivity index (χ1) is 14.6. The highest BCUT2D eigenvalue weighted by atomic mass is 19.1. The van der Waals surface area contributed by atoms with Crippen LogP contribution in [0.4, 0.5) is 10.1 Å². The summed E-state index contributed by atoms with van der Waals surface area (Å²) in [5, 5.41) is 0. The molecular formula is C26H24FNO2. The molecule has 0 amide bonds. The molecule has 0 saturated carbocycles. The van der Waals surface area contributed by atoms with Crippen molar-refractivity contribution in [3.05, 3.63) is 95.3 Å². The summed E-state index contributed by atoms with van der Waals surface area (Å²) < 4.78 is 19.0. The second-order valence-electron chi connectivity index (χ2n) is 7.35. The van der Waals surface area contributed by atoms with Crippen molar-refractivity contribution in [2.45, 2.75) is 25.8 Å². The number of methoxy groups -OCH3 is 1. The number of halogens is 1. The maximum absolute atomic E-state index is 13.7. The maximum Gasteiger partial charge on any atom is 0.135 e. The van der Waals surface area contributed by atoms with Gasteiger partial charge in [-0.2, -0.15) is 0 Å². The molecule has 0 radical (unpaired) electrons. The van der Waals surface area contributed by atoms with Crippen LogP contribution in [0.3, 0.4) is 0 Å². The fraction of sp³-hybridized carbons (Fsp3) is 0.192. The Morgan fingerprint density at radius 1 is 1.00 bits per heavy atom. The van der Waals surface area contributed by atoms with Gasteiger partial charge in [0.05, 0.1) is 13.2 Å². The third-order valence-corrected chi connectivity index (χ3v) is 5.52. The van der Waals surface area contributed by atoms with E-state index in [1.807, 2.05) is 43.3 Å². The van der Waals surface area contributed by atoms with E-state index in [1.165, 1.54) is 12.1 Å². The van der Waals surface area contributed by atoms with Gasteiger partial charge in [0.2, 0.25) is 0 Å². The number of benzene rings is 3. The smallest absolute Gasteiger partial charge is 0.135 e. The van der Waals surface area contributed by atoms with E-state index in [0.717, 1.165) is 33.8 Å². The Balaban J connectivity index is 1.90. The van der Waals surface area contributed by atoms with Crippen LogP contribution in [0, 0.1) is 5.82 Å². The van der Waals surface area contributed by atoms with Crippen LogP contribution in [0.5, 0.6) is 5.75 Å². The minimum Gasteiger partial charge on any atom is -0.497 e. The first-order valence-corrected chi connectivity index (χ1v) is 10.1. The number of carbonyl (C=O) groups is 1. The Bertz CT molecular complexity index is 1070. The van der Waals surface area contributed by atoms with E-state index in [2.05, 4.69) is 23.1 Å². The van der Waals surface area contributed by atoms with Crippen LogP contribution < -0.4 is 9.64 Å². The van der Waals surface area contributed by atoms with Gasteiger partial charge in [0.25, 0.3) is 0 Å². The zero-order valence-corrected chi connectivity index (χ0v) is 17.1. The van der Waals surface area contributed by atoms with Crippen molar-refractivity contribution in [3.63, 3.8) is 0 Å². The standard InChI is InChI=1S/C26H24FNO2/c1-3-22(29)17-26-24-7-5-4-6-19(24)16-25(18-8-14-23(30-2)15-9-18)28(26)21-12-10-20(27)11-13-21/h4-16,26H,3,17H2,1-2H3. The predicted octanol–water partition coefficient (Wildman–Crippen LogP) is 6.26. The molecule has 0 aromatic heterocycles. The molecule has 0 N–H and O–H groups in total. The highest BCUT2D eigenvalue weighted by molar-refractivity contribution is 5.95. The monoisotopic (exact) mass is 401 g/mol. The topological polar surface area (TPSA) is 29.5 Å². The van der Waals surface area contributed by atoms with Gasteiger partial charge >= 0.3 is 0 Å². The van der Waals surface area contributed by atoms with Crippen LogP contribution in [0.25, 0.3) is 11.8 Å². The molecule has 0 spiro atoms. The van der Waals surface area contributed by atoms with Crippen LogP contribution >= 0.6 is 0 Å². The molecule has 1 aliphatic rings. The average molecular weight is 401 g/mol. The minimum atomic E-state index is -0.285. The summed E-state index contributed by atoms with van der Waals surface area (Å²) in [4.78, 5) is 14.7. The number of fused-ring (bicyclic) bond motifs is 1. The number of nitrogens with zero attached hydrogens (tertiary/aromatic N) is 1. The third kappa shape index (κ3) is 3.86. The van der Waals surface area contributed by atoms with Gasteiger partial charge in [-0.25, -0.2) is 4.39 Å². The summed E-state index contributed by atoms with van der Waals surface area (Å²) in [6.45, 7) is 1.89. The first kappa shape index (κ1) is 19.9. The molecule has 152 valence electrons. The van der Waals surface area contributed by atoms with Crippen molar-refractivity contribution in [1.82, 2.24) is 0 Å². The molecule has 1 aliphatic heterocycles. The van der Waals surface area contributed by atoms with Gasteiger partial charge < -0.3 is 9.64 Å². The quantitative estimate of drug-likeness (QED) is 0.488. The average Bonchev–Trinajstić information content (AvgIpc) is 2.79. The van der Waals surface area contributed by atoms with Crippen LogP contribution in [-0.4, -0.2) is 12.9 Å². The van der Waals surface area contributed by atoms with Gasteiger partial charge in [0, 0.05) is 24.2 Å². The molecule has 3 aromatic carbocycles. The van der Waals surface area contributed by atoms with E-state index in [0.29, 0.717) is 12.8 Å². The van der Waals surface area contributed by atoms with Crippen LogP contribution in [0.15, 0.2) is 72.8 Å². The van der Waals surface area contributed by atoms with Crippen molar-refractivity contribution in [3.8, 4) is 5.75 Å². The zero-order chi connectivity index (χ0) is 21.1. The Morgan fingerprint density at radius 3 is 2.37 bits per heavy atom. The lowest BCUT2D eigenvalue weighted by Crippen LogP contribution is -2.32. The van der Waals surface area contributed by atoms with Gasteiger partial charge in [-0.3, -0.25) is 4.79 Å². The molecular weight excluding hydrogens is 377 g/mol. The number of ether oxygens (including phenoxy) is 1. The Hall–Kier alpha value is -3.40. The number of ketones is 1.